The van der Waals surface area contributed by atoms with Gasteiger partial charge in [-0.05, 0) is 25.2 Å². The van der Waals surface area contributed by atoms with E-state index in [-0.39, 0.29) is 11.9 Å². The highest BCUT2D eigenvalue weighted by atomic mass is 16.5. The first-order valence-corrected chi connectivity index (χ1v) is 6.68. The highest BCUT2D eigenvalue weighted by molar-refractivity contribution is 5.98. The predicted molar refractivity (Wildman–Crippen MR) is 69.9 cm³/mol. The summed E-state index contributed by atoms with van der Waals surface area (Å²) in [5.74, 6) is 1.29. The lowest BCUT2D eigenvalue weighted by molar-refractivity contribution is 0.0948. The van der Waals surface area contributed by atoms with Gasteiger partial charge in [0.2, 0.25) is 5.95 Å². The summed E-state index contributed by atoms with van der Waals surface area (Å²) >= 11 is 0. The van der Waals surface area contributed by atoms with Gasteiger partial charge in [0, 0.05) is 26.5 Å². The zero-order chi connectivity index (χ0) is 13.2. The van der Waals surface area contributed by atoms with Crippen molar-refractivity contribution in [3.8, 4) is 0 Å². The molecule has 1 aromatic heterocycles. The first-order valence-electron chi connectivity index (χ1n) is 6.68. The fourth-order valence-corrected chi connectivity index (χ4v) is 2.23. The molecular formula is C13H18N4O2. The van der Waals surface area contributed by atoms with Crippen molar-refractivity contribution in [3.63, 3.8) is 0 Å². The molecule has 0 saturated heterocycles. The first-order chi connectivity index (χ1) is 9.28. The van der Waals surface area contributed by atoms with Crippen molar-refractivity contribution in [1.82, 2.24) is 15.3 Å². The Morgan fingerprint density at radius 3 is 3.11 bits per heavy atom. The second-order valence-electron chi connectivity index (χ2n) is 5.12. The van der Waals surface area contributed by atoms with Crippen molar-refractivity contribution in [2.45, 2.75) is 25.3 Å². The Bertz CT molecular complexity index is 488. The minimum atomic E-state index is -0.0927. The second kappa shape index (κ2) is 5.13. The summed E-state index contributed by atoms with van der Waals surface area (Å²) in [6.45, 7) is 1.52. The third-order valence-corrected chi connectivity index (χ3v) is 3.55. The average molecular weight is 262 g/mol. The largest absolute Gasteiger partial charge is 0.385 e. The normalized spacial score (nSPS) is 21.1. The number of carbonyl (C=O) groups excluding carboxylic acids is 1. The van der Waals surface area contributed by atoms with E-state index < -0.39 is 0 Å². The van der Waals surface area contributed by atoms with Gasteiger partial charge in [0.05, 0.1) is 17.3 Å². The number of rotatable bonds is 6. The van der Waals surface area contributed by atoms with E-state index in [9.17, 15) is 4.79 Å². The van der Waals surface area contributed by atoms with Gasteiger partial charge < -0.3 is 15.4 Å². The van der Waals surface area contributed by atoms with Crippen molar-refractivity contribution >= 4 is 11.9 Å². The molecule has 1 amide bonds. The molecule has 0 spiro atoms. The molecular weight excluding hydrogens is 244 g/mol. The third kappa shape index (κ3) is 2.68. The highest BCUT2D eigenvalue weighted by Crippen LogP contribution is 2.29. The molecule has 0 aromatic carbocycles. The van der Waals surface area contributed by atoms with Gasteiger partial charge in [-0.25, -0.2) is 9.97 Å². The Morgan fingerprint density at radius 1 is 1.53 bits per heavy atom. The summed E-state index contributed by atoms with van der Waals surface area (Å²) in [6.07, 6.45) is 4.91. The van der Waals surface area contributed by atoms with Crippen LogP contribution in [0, 0.1) is 5.92 Å². The molecule has 2 heterocycles. The van der Waals surface area contributed by atoms with Crippen LogP contribution in [0.3, 0.4) is 0 Å². The predicted octanol–water partition coefficient (Wildman–Crippen LogP) is 1.12. The number of hydrogen-bond donors (Lipinski definition) is 2. The van der Waals surface area contributed by atoms with Crippen LogP contribution in [0.15, 0.2) is 6.20 Å². The number of aromatic nitrogens is 2. The first kappa shape index (κ1) is 12.3. The average Bonchev–Trinajstić information content (AvgIpc) is 3.20. The van der Waals surface area contributed by atoms with Crippen LogP contribution in [0.4, 0.5) is 5.95 Å². The lowest BCUT2D eigenvalue weighted by Gasteiger charge is -2.11. The molecule has 6 heteroatoms. The summed E-state index contributed by atoms with van der Waals surface area (Å²) in [4.78, 5) is 20.5. The molecule has 6 nitrogen and oxygen atoms in total. The Kier molecular flexibility index (Phi) is 3.33. The zero-order valence-corrected chi connectivity index (χ0v) is 11.0. The number of anilines is 1. The van der Waals surface area contributed by atoms with Crippen LogP contribution in [-0.4, -0.2) is 36.1 Å². The van der Waals surface area contributed by atoms with Crippen LogP contribution in [0.5, 0.6) is 0 Å². The number of nitrogens with one attached hydrogen (secondary N) is 2. The maximum atomic E-state index is 11.8. The molecule has 2 aliphatic rings. The number of methoxy groups -OCH3 is 1. The van der Waals surface area contributed by atoms with Crippen molar-refractivity contribution < 1.29 is 9.53 Å². The number of nitrogens with zero attached hydrogens (tertiary/aromatic N) is 2. The lowest BCUT2D eigenvalue weighted by Crippen LogP contribution is -2.20. The number of carbonyl (C=O) groups is 1. The molecule has 1 aliphatic heterocycles. The van der Waals surface area contributed by atoms with Gasteiger partial charge in [0.1, 0.15) is 0 Å². The van der Waals surface area contributed by atoms with E-state index in [0.29, 0.717) is 18.1 Å². The van der Waals surface area contributed by atoms with Crippen molar-refractivity contribution in [2.24, 2.45) is 5.92 Å². The molecule has 1 aromatic rings. The third-order valence-electron chi connectivity index (χ3n) is 3.55. The molecule has 1 aliphatic carbocycles. The smallest absolute Gasteiger partial charge is 0.255 e. The van der Waals surface area contributed by atoms with Crippen LogP contribution in [0.2, 0.25) is 0 Å². The van der Waals surface area contributed by atoms with Gasteiger partial charge in [0.15, 0.2) is 0 Å². The topological polar surface area (TPSA) is 76.1 Å². The van der Waals surface area contributed by atoms with Gasteiger partial charge >= 0.3 is 0 Å². The zero-order valence-electron chi connectivity index (χ0n) is 11.0. The number of fused-ring (bicyclic) bond motifs is 1. The molecule has 2 N–H and O–H groups in total. The molecule has 102 valence electrons. The standard InChI is InChI=1S/C13H18N4O2/c1-19-5-4-10-11-9(12(18)16-10)7-15-13(17-11)14-6-8-2-3-8/h7-8,10H,2-6H2,1H3,(H,16,18)(H,14,15,17). The van der Waals surface area contributed by atoms with Crippen LogP contribution < -0.4 is 10.6 Å². The van der Waals surface area contributed by atoms with E-state index in [1.54, 1.807) is 13.3 Å². The van der Waals surface area contributed by atoms with Crippen LogP contribution in [-0.2, 0) is 4.74 Å². The molecule has 0 bridgehead atoms. The number of amides is 1. The SMILES string of the molecule is COCCC1NC(=O)c2cnc(NCC3CC3)nc21. The summed E-state index contributed by atoms with van der Waals surface area (Å²) in [6, 6.07) is -0.0630. The molecule has 1 saturated carbocycles. The van der Waals surface area contributed by atoms with E-state index in [2.05, 4.69) is 20.6 Å². The monoisotopic (exact) mass is 262 g/mol. The Labute approximate surface area is 112 Å². The minimum absolute atomic E-state index is 0.0630. The maximum Gasteiger partial charge on any atom is 0.255 e. The van der Waals surface area contributed by atoms with Gasteiger partial charge in [0.25, 0.3) is 5.91 Å². The van der Waals surface area contributed by atoms with Crippen LogP contribution in [0.1, 0.15) is 41.4 Å². The fourth-order valence-electron chi connectivity index (χ4n) is 2.23. The summed E-state index contributed by atoms with van der Waals surface area (Å²) in [7, 11) is 1.65. The molecule has 3 rings (SSSR count). The van der Waals surface area contributed by atoms with E-state index >= 15 is 0 Å². The van der Waals surface area contributed by atoms with E-state index in [0.717, 1.165) is 24.6 Å². The number of ether oxygens (including phenoxy) is 1. The number of hydrogen-bond acceptors (Lipinski definition) is 5. The highest BCUT2D eigenvalue weighted by Gasteiger charge is 2.30. The van der Waals surface area contributed by atoms with Crippen molar-refractivity contribution in [1.29, 1.82) is 0 Å². The van der Waals surface area contributed by atoms with Crippen molar-refractivity contribution in [2.75, 3.05) is 25.6 Å². The van der Waals surface area contributed by atoms with Crippen LogP contribution in [0.25, 0.3) is 0 Å². The van der Waals surface area contributed by atoms with E-state index in [4.69, 9.17) is 4.74 Å². The van der Waals surface area contributed by atoms with E-state index in [1.165, 1.54) is 12.8 Å². The maximum absolute atomic E-state index is 11.8. The summed E-state index contributed by atoms with van der Waals surface area (Å²) in [5.41, 5.74) is 1.37. The molecule has 1 atom stereocenters. The quantitative estimate of drug-likeness (QED) is 0.803. The van der Waals surface area contributed by atoms with Crippen molar-refractivity contribution in [3.05, 3.63) is 17.5 Å². The molecule has 19 heavy (non-hydrogen) atoms. The van der Waals surface area contributed by atoms with Gasteiger partial charge in [-0.15, -0.1) is 0 Å². The summed E-state index contributed by atoms with van der Waals surface area (Å²) in [5, 5.41) is 6.14. The fraction of sp³-hybridized carbons (Fsp3) is 0.615. The van der Waals surface area contributed by atoms with E-state index in [1.807, 2.05) is 0 Å². The Balaban J connectivity index is 1.74. The van der Waals surface area contributed by atoms with Gasteiger partial charge in [-0.1, -0.05) is 0 Å². The van der Waals surface area contributed by atoms with Gasteiger partial charge in [-0.2, -0.15) is 0 Å². The molecule has 0 radical (unpaired) electrons. The minimum Gasteiger partial charge on any atom is -0.385 e. The second-order valence-corrected chi connectivity index (χ2v) is 5.12. The lowest BCUT2D eigenvalue weighted by atomic mass is 10.1. The molecule has 1 fully saturated rings. The Hall–Kier alpha value is -1.69. The summed E-state index contributed by atoms with van der Waals surface area (Å²) < 4.78 is 5.06. The Morgan fingerprint density at radius 2 is 2.37 bits per heavy atom. The van der Waals surface area contributed by atoms with Crippen LogP contribution >= 0.6 is 0 Å². The van der Waals surface area contributed by atoms with Gasteiger partial charge in [-0.3, -0.25) is 4.79 Å². The molecule has 1 unspecified atom stereocenters.